The van der Waals surface area contributed by atoms with Crippen LogP contribution in [0.2, 0.25) is 0 Å². The zero-order valence-electron chi connectivity index (χ0n) is 7.16. The molecule has 2 aromatic heterocycles. The van der Waals surface area contributed by atoms with Crippen LogP contribution in [0.25, 0.3) is 5.65 Å². The van der Waals surface area contributed by atoms with E-state index < -0.39 is 0 Å². The third kappa shape index (κ3) is 1.57. The summed E-state index contributed by atoms with van der Waals surface area (Å²) in [5.74, 6) is 0. The summed E-state index contributed by atoms with van der Waals surface area (Å²) in [6.07, 6.45) is 5.45. The van der Waals surface area contributed by atoms with Crippen LogP contribution in [-0.2, 0) is 6.54 Å². The molecule has 4 nitrogen and oxygen atoms in total. The predicted octanol–water partition coefficient (Wildman–Crippen LogP) is 1.21. The molecule has 1 N–H and O–H groups in total. The minimum atomic E-state index is 0.772. The third-order valence-electron chi connectivity index (χ3n) is 1.73. The van der Waals surface area contributed by atoms with Gasteiger partial charge >= 0.3 is 0 Å². The van der Waals surface area contributed by atoms with Gasteiger partial charge in [0.25, 0.3) is 0 Å². The van der Waals surface area contributed by atoms with E-state index in [0.717, 1.165) is 22.4 Å². The monoisotopic (exact) mass is 240 g/mol. The van der Waals surface area contributed by atoms with Crippen molar-refractivity contribution in [2.45, 2.75) is 6.54 Å². The maximum Gasteiger partial charge on any atom is 0.154 e. The summed E-state index contributed by atoms with van der Waals surface area (Å²) >= 11 is 3.40. The van der Waals surface area contributed by atoms with Crippen molar-refractivity contribution in [1.82, 2.24) is 19.7 Å². The average Bonchev–Trinajstić information content (AvgIpc) is 2.49. The lowest BCUT2D eigenvalue weighted by atomic mass is 10.5. The smallest absolute Gasteiger partial charge is 0.154 e. The number of aromatic nitrogens is 3. The molecule has 0 fully saturated rings. The molecule has 0 aliphatic heterocycles. The minimum absolute atomic E-state index is 0.772. The van der Waals surface area contributed by atoms with Crippen molar-refractivity contribution in [3.8, 4) is 0 Å². The topological polar surface area (TPSA) is 42.2 Å². The lowest BCUT2D eigenvalue weighted by Gasteiger charge is -1.91. The molecule has 0 aromatic carbocycles. The Morgan fingerprint density at radius 1 is 1.62 bits per heavy atom. The Bertz CT molecular complexity index is 423. The highest BCUT2D eigenvalue weighted by Crippen LogP contribution is 2.15. The number of imidazole rings is 1. The number of nitrogens with zero attached hydrogens (tertiary/aromatic N) is 3. The van der Waals surface area contributed by atoms with Gasteiger partial charge in [-0.15, -0.1) is 0 Å². The molecule has 2 rings (SSSR count). The van der Waals surface area contributed by atoms with Crippen LogP contribution in [0.3, 0.4) is 0 Å². The fraction of sp³-hybridized carbons (Fsp3) is 0.250. The summed E-state index contributed by atoms with van der Waals surface area (Å²) in [6, 6.07) is 0. The average molecular weight is 241 g/mol. The number of rotatable bonds is 2. The zero-order valence-corrected chi connectivity index (χ0v) is 8.74. The number of halogens is 1. The van der Waals surface area contributed by atoms with Gasteiger partial charge in [-0.2, -0.15) is 0 Å². The van der Waals surface area contributed by atoms with E-state index in [-0.39, 0.29) is 0 Å². The molecule has 0 aliphatic rings. The summed E-state index contributed by atoms with van der Waals surface area (Å²) in [7, 11) is 1.90. The maximum atomic E-state index is 4.42. The maximum absolute atomic E-state index is 4.42. The van der Waals surface area contributed by atoms with Gasteiger partial charge in [0, 0.05) is 18.9 Å². The first-order chi connectivity index (χ1) is 6.31. The van der Waals surface area contributed by atoms with E-state index in [1.54, 1.807) is 12.5 Å². The Hall–Kier alpha value is -0.940. The van der Waals surface area contributed by atoms with Crippen LogP contribution in [0.4, 0.5) is 0 Å². The van der Waals surface area contributed by atoms with Crippen LogP contribution in [0.1, 0.15) is 5.69 Å². The Labute approximate surface area is 84.1 Å². The number of hydrogen-bond acceptors (Lipinski definition) is 3. The summed E-state index contributed by atoms with van der Waals surface area (Å²) in [5, 5.41) is 3.05. The largest absolute Gasteiger partial charge is 0.314 e. The van der Waals surface area contributed by atoms with Crippen molar-refractivity contribution in [2.24, 2.45) is 0 Å². The van der Waals surface area contributed by atoms with Crippen molar-refractivity contribution in [2.75, 3.05) is 7.05 Å². The highest BCUT2D eigenvalue weighted by Gasteiger charge is 2.03. The van der Waals surface area contributed by atoms with E-state index in [9.17, 15) is 0 Å². The molecule has 0 bridgehead atoms. The molecule has 5 heteroatoms. The molecule has 2 heterocycles. The molecule has 2 aromatic rings. The highest BCUT2D eigenvalue weighted by atomic mass is 79.9. The third-order valence-corrected chi connectivity index (χ3v) is 2.29. The molecule has 0 spiro atoms. The van der Waals surface area contributed by atoms with Crippen LogP contribution >= 0.6 is 15.9 Å². The lowest BCUT2D eigenvalue weighted by molar-refractivity contribution is 0.798. The van der Waals surface area contributed by atoms with Gasteiger partial charge in [0.2, 0.25) is 0 Å². The molecule has 0 aliphatic carbocycles. The minimum Gasteiger partial charge on any atom is -0.314 e. The van der Waals surface area contributed by atoms with Crippen molar-refractivity contribution < 1.29 is 0 Å². The van der Waals surface area contributed by atoms with Crippen LogP contribution in [-0.4, -0.2) is 21.4 Å². The molecule has 0 atom stereocenters. The molecule has 0 unspecified atom stereocenters. The summed E-state index contributed by atoms with van der Waals surface area (Å²) < 4.78 is 2.81. The van der Waals surface area contributed by atoms with Crippen molar-refractivity contribution in [3.05, 3.63) is 28.9 Å². The Morgan fingerprint density at radius 2 is 2.46 bits per heavy atom. The molecule has 0 radical (unpaired) electrons. The van der Waals surface area contributed by atoms with Gasteiger partial charge in [-0.05, 0) is 23.0 Å². The van der Waals surface area contributed by atoms with Crippen LogP contribution in [0.5, 0.6) is 0 Å². The Balaban J connectivity index is 2.55. The highest BCUT2D eigenvalue weighted by molar-refractivity contribution is 9.10. The summed E-state index contributed by atoms with van der Waals surface area (Å²) in [5.41, 5.74) is 1.91. The second-order valence-electron chi connectivity index (χ2n) is 2.74. The first-order valence-electron chi connectivity index (χ1n) is 3.93. The SMILES string of the molecule is CNCc1cn2cncc(Br)c2n1. The Morgan fingerprint density at radius 3 is 3.15 bits per heavy atom. The number of fused-ring (bicyclic) bond motifs is 1. The molecule has 13 heavy (non-hydrogen) atoms. The molecular weight excluding hydrogens is 232 g/mol. The quantitative estimate of drug-likeness (QED) is 0.859. The predicted molar refractivity (Wildman–Crippen MR) is 53.5 cm³/mol. The van der Waals surface area contributed by atoms with Crippen LogP contribution in [0.15, 0.2) is 23.2 Å². The lowest BCUT2D eigenvalue weighted by Crippen LogP contribution is -2.04. The van der Waals surface area contributed by atoms with Gasteiger partial charge in [-0.1, -0.05) is 0 Å². The fourth-order valence-electron chi connectivity index (χ4n) is 1.20. The molecule has 68 valence electrons. The molecular formula is C8H9BrN4. The van der Waals surface area contributed by atoms with E-state index in [2.05, 4.69) is 31.2 Å². The van der Waals surface area contributed by atoms with E-state index in [1.807, 2.05) is 17.6 Å². The van der Waals surface area contributed by atoms with Crippen molar-refractivity contribution >= 4 is 21.6 Å². The molecule has 0 saturated carbocycles. The van der Waals surface area contributed by atoms with E-state index >= 15 is 0 Å². The van der Waals surface area contributed by atoms with Crippen LogP contribution < -0.4 is 5.32 Å². The van der Waals surface area contributed by atoms with Gasteiger partial charge in [0.15, 0.2) is 5.65 Å². The van der Waals surface area contributed by atoms with Crippen molar-refractivity contribution in [1.29, 1.82) is 0 Å². The first kappa shape index (κ1) is 8.65. The van der Waals surface area contributed by atoms with Crippen LogP contribution in [0, 0.1) is 0 Å². The number of hydrogen-bond donors (Lipinski definition) is 1. The van der Waals surface area contributed by atoms with Gasteiger partial charge in [-0.3, -0.25) is 4.40 Å². The van der Waals surface area contributed by atoms with E-state index in [0.29, 0.717) is 0 Å². The standard InChI is InChI=1S/C8H9BrN4/c1-10-2-6-4-13-5-11-3-7(9)8(13)12-6/h3-5,10H,2H2,1H3. The zero-order chi connectivity index (χ0) is 9.26. The van der Waals surface area contributed by atoms with Crippen molar-refractivity contribution in [3.63, 3.8) is 0 Å². The summed E-state index contributed by atoms with van der Waals surface area (Å²) in [6.45, 7) is 0.772. The normalized spacial score (nSPS) is 10.9. The second kappa shape index (κ2) is 3.43. The van der Waals surface area contributed by atoms with Gasteiger partial charge in [0.05, 0.1) is 10.2 Å². The van der Waals surface area contributed by atoms with Gasteiger partial charge in [-0.25, -0.2) is 9.97 Å². The fourth-order valence-corrected chi connectivity index (χ4v) is 1.62. The Kier molecular flexibility index (Phi) is 2.28. The first-order valence-corrected chi connectivity index (χ1v) is 4.72. The molecule has 0 amide bonds. The van der Waals surface area contributed by atoms with Gasteiger partial charge < -0.3 is 5.32 Å². The second-order valence-corrected chi connectivity index (χ2v) is 3.59. The number of nitrogens with one attached hydrogen (secondary N) is 1. The molecule has 0 saturated heterocycles. The van der Waals surface area contributed by atoms with E-state index in [4.69, 9.17) is 0 Å². The van der Waals surface area contributed by atoms with Gasteiger partial charge in [0.1, 0.15) is 6.33 Å². The summed E-state index contributed by atoms with van der Waals surface area (Å²) in [4.78, 5) is 8.46. The van der Waals surface area contributed by atoms with E-state index in [1.165, 1.54) is 0 Å².